The van der Waals surface area contributed by atoms with Gasteiger partial charge >= 0.3 is 6.18 Å². The highest BCUT2D eigenvalue weighted by Gasteiger charge is 2.41. The number of halogens is 3. The van der Waals surface area contributed by atoms with Gasteiger partial charge in [-0.15, -0.1) is 0 Å². The molecule has 6 heteroatoms. The minimum absolute atomic E-state index is 0.0358. The van der Waals surface area contributed by atoms with Crippen molar-refractivity contribution in [3.63, 3.8) is 0 Å². The predicted molar refractivity (Wildman–Crippen MR) is 110 cm³/mol. The van der Waals surface area contributed by atoms with Crippen LogP contribution in [0.15, 0.2) is 48.5 Å². The quantitative estimate of drug-likeness (QED) is 0.745. The highest BCUT2D eigenvalue weighted by Crippen LogP contribution is 2.44. The van der Waals surface area contributed by atoms with Crippen molar-refractivity contribution in [1.82, 2.24) is 10.2 Å². The molecule has 2 fully saturated rings. The average Bonchev–Trinajstić information content (AvgIpc) is 3.52. The summed E-state index contributed by atoms with van der Waals surface area (Å²) in [4.78, 5) is 15.6. The highest BCUT2D eigenvalue weighted by atomic mass is 19.4. The average molecular weight is 416 g/mol. The van der Waals surface area contributed by atoms with Gasteiger partial charge in [0.15, 0.2) is 0 Å². The Hall–Kier alpha value is -2.34. The molecule has 4 rings (SSSR count). The van der Waals surface area contributed by atoms with Gasteiger partial charge in [0.25, 0.3) is 5.91 Å². The Balaban J connectivity index is 1.70. The first kappa shape index (κ1) is 20.9. The molecule has 1 N–H and O–H groups in total. The molecule has 0 aromatic heterocycles. The summed E-state index contributed by atoms with van der Waals surface area (Å²) in [6.45, 7) is 3.76. The van der Waals surface area contributed by atoms with Gasteiger partial charge in [-0.25, -0.2) is 0 Å². The molecular formula is C24H27F3N2O. The molecule has 1 aliphatic carbocycles. The minimum Gasteiger partial charge on any atom is -0.341 e. The van der Waals surface area contributed by atoms with Crippen molar-refractivity contribution in [3.8, 4) is 0 Å². The number of hydrogen-bond acceptors (Lipinski definition) is 2. The fraction of sp³-hybridized carbons (Fsp3) is 0.458. The SMILES string of the molecule is C[C@@H]1CN(C)C[C@](NC(=O)c2ccc(C(F)(F)F)cc2C2CC2)(c2ccccc2)C1. The molecule has 0 unspecified atom stereocenters. The summed E-state index contributed by atoms with van der Waals surface area (Å²) in [6.07, 6.45) is -1.98. The largest absolute Gasteiger partial charge is 0.416 e. The van der Waals surface area contributed by atoms with Gasteiger partial charge in [0, 0.05) is 18.7 Å². The molecule has 30 heavy (non-hydrogen) atoms. The molecule has 1 saturated carbocycles. The van der Waals surface area contributed by atoms with Crippen LogP contribution in [0.3, 0.4) is 0 Å². The Morgan fingerprint density at radius 2 is 1.83 bits per heavy atom. The van der Waals surface area contributed by atoms with E-state index < -0.39 is 17.3 Å². The number of nitrogens with zero attached hydrogens (tertiary/aromatic N) is 1. The molecule has 0 bridgehead atoms. The lowest BCUT2D eigenvalue weighted by Crippen LogP contribution is -2.57. The van der Waals surface area contributed by atoms with E-state index in [1.165, 1.54) is 6.07 Å². The van der Waals surface area contributed by atoms with Crippen LogP contribution in [0.2, 0.25) is 0 Å². The lowest BCUT2D eigenvalue weighted by molar-refractivity contribution is -0.137. The number of nitrogens with one attached hydrogen (secondary N) is 1. The van der Waals surface area contributed by atoms with E-state index >= 15 is 0 Å². The number of amides is 1. The van der Waals surface area contributed by atoms with Gasteiger partial charge < -0.3 is 10.2 Å². The monoisotopic (exact) mass is 416 g/mol. The summed E-state index contributed by atoms with van der Waals surface area (Å²) in [5.41, 5.74) is 0.639. The van der Waals surface area contributed by atoms with Crippen molar-refractivity contribution in [1.29, 1.82) is 0 Å². The smallest absolute Gasteiger partial charge is 0.341 e. The van der Waals surface area contributed by atoms with Crippen LogP contribution in [0.5, 0.6) is 0 Å². The van der Waals surface area contributed by atoms with E-state index in [0.29, 0.717) is 23.6 Å². The summed E-state index contributed by atoms with van der Waals surface area (Å²) in [5.74, 6) is 0.116. The topological polar surface area (TPSA) is 32.3 Å². The van der Waals surface area contributed by atoms with Crippen molar-refractivity contribution in [2.75, 3.05) is 20.1 Å². The van der Waals surface area contributed by atoms with Gasteiger partial charge in [-0.1, -0.05) is 37.3 Å². The Kier molecular flexibility index (Phi) is 5.39. The number of rotatable bonds is 4. The van der Waals surface area contributed by atoms with Crippen molar-refractivity contribution in [2.45, 2.75) is 43.8 Å². The molecule has 1 saturated heterocycles. The molecule has 2 aromatic carbocycles. The van der Waals surface area contributed by atoms with E-state index in [9.17, 15) is 18.0 Å². The van der Waals surface area contributed by atoms with Crippen LogP contribution in [-0.4, -0.2) is 30.9 Å². The second kappa shape index (κ2) is 7.73. The molecule has 1 amide bonds. The third-order valence-corrected chi connectivity index (χ3v) is 6.18. The van der Waals surface area contributed by atoms with Gasteiger partial charge in [-0.05, 0) is 67.5 Å². The maximum Gasteiger partial charge on any atom is 0.416 e. The van der Waals surface area contributed by atoms with E-state index in [4.69, 9.17) is 0 Å². The van der Waals surface area contributed by atoms with Crippen LogP contribution in [0.25, 0.3) is 0 Å². The van der Waals surface area contributed by atoms with Crippen LogP contribution in [0.1, 0.15) is 59.2 Å². The Morgan fingerprint density at radius 3 is 2.43 bits per heavy atom. The number of likely N-dealkylation sites (tertiary alicyclic amines) is 1. The Bertz CT molecular complexity index is 912. The molecule has 160 valence electrons. The van der Waals surface area contributed by atoms with Gasteiger partial charge in [0.1, 0.15) is 0 Å². The molecule has 0 radical (unpaired) electrons. The summed E-state index contributed by atoms with van der Waals surface area (Å²) in [6, 6.07) is 13.4. The molecule has 3 nitrogen and oxygen atoms in total. The van der Waals surface area contributed by atoms with Crippen molar-refractivity contribution in [2.24, 2.45) is 5.92 Å². The van der Waals surface area contributed by atoms with Gasteiger partial charge in [0.05, 0.1) is 11.1 Å². The third-order valence-electron chi connectivity index (χ3n) is 6.18. The van der Waals surface area contributed by atoms with Crippen LogP contribution in [-0.2, 0) is 11.7 Å². The lowest BCUT2D eigenvalue weighted by Gasteiger charge is -2.45. The Morgan fingerprint density at radius 1 is 1.13 bits per heavy atom. The zero-order chi connectivity index (χ0) is 21.5. The Labute approximate surface area is 175 Å². The van der Waals surface area contributed by atoms with Gasteiger partial charge in [0.2, 0.25) is 0 Å². The first-order chi connectivity index (χ1) is 14.2. The second-order valence-corrected chi connectivity index (χ2v) is 8.98. The molecule has 2 atom stereocenters. The van der Waals surface area contributed by atoms with Crippen LogP contribution in [0, 0.1) is 5.92 Å². The number of carbonyl (C=O) groups is 1. The second-order valence-electron chi connectivity index (χ2n) is 8.98. The maximum absolute atomic E-state index is 13.4. The van der Waals surface area contributed by atoms with E-state index in [-0.39, 0.29) is 11.8 Å². The highest BCUT2D eigenvalue weighted by molar-refractivity contribution is 5.96. The fourth-order valence-corrected chi connectivity index (χ4v) is 4.87. The zero-order valence-electron chi connectivity index (χ0n) is 17.3. The molecule has 2 aliphatic rings. The van der Waals surface area contributed by atoms with Crippen molar-refractivity contribution in [3.05, 3.63) is 70.8 Å². The summed E-state index contributed by atoms with van der Waals surface area (Å²) >= 11 is 0. The first-order valence-corrected chi connectivity index (χ1v) is 10.5. The summed E-state index contributed by atoms with van der Waals surface area (Å²) in [5, 5.41) is 3.25. The number of likely N-dealkylation sites (N-methyl/N-ethyl adjacent to an activating group) is 1. The first-order valence-electron chi connectivity index (χ1n) is 10.5. The number of carbonyl (C=O) groups excluding carboxylic acids is 1. The standard InChI is InChI=1S/C24H27F3N2O/c1-16-13-23(15-29(2)14-16,18-6-4-3-5-7-18)28-22(30)20-11-10-19(24(25,26)27)12-21(20)17-8-9-17/h3-7,10-12,16-17H,8-9,13-15H2,1-2H3,(H,28,30)/t16-,23-/m0/s1. The predicted octanol–water partition coefficient (Wildman–Crippen LogP) is 5.18. The maximum atomic E-state index is 13.4. The van der Waals surface area contributed by atoms with Crippen LogP contribution < -0.4 is 5.32 Å². The zero-order valence-corrected chi connectivity index (χ0v) is 17.3. The number of alkyl halides is 3. The van der Waals surface area contributed by atoms with Gasteiger partial charge in [-0.3, -0.25) is 4.79 Å². The van der Waals surface area contributed by atoms with Crippen molar-refractivity contribution >= 4 is 5.91 Å². The fourth-order valence-electron chi connectivity index (χ4n) is 4.87. The van der Waals surface area contributed by atoms with Crippen LogP contribution in [0.4, 0.5) is 13.2 Å². The molecule has 0 spiro atoms. The van der Waals surface area contributed by atoms with E-state index in [2.05, 4.69) is 17.1 Å². The van der Waals surface area contributed by atoms with E-state index in [1.54, 1.807) is 0 Å². The number of benzene rings is 2. The third kappa shape index (κ3) is 4.24. The molecule has 2 aromatic rings. The van der Waals surface area contributed by atoms with Gasteiger partial charge in [-0.2, -0.15) is 13.2 Å². The number of hydrogen-bond donors (Lipinski definition) is 1. The normalized spacial score (nSPS) is 25.2. The summed E-state index contributed by atoms with van der Waals surface area (Å²) in [7, 11) is 2.03. The van der Waals surface area contributed by atoms with Crippen LogP contribution >= 0.6 is 0 Å². The summed E-state index contributed by atoms with van der Waals surface area (Å²) < 4.78 is 39.7. The van der Waals surface area contributed by atoms with E-state index in [1.807, 2.05) is 37.4 Å². The molecular weight excluding hydrogens is 389 g/mol. The minimum atomic E-state index is -4.41. The van der Waals surface area contributed by atoms with E-state index in [0.717, 1.165) is 43.5 Å². The molecule has 1 aliphatic heterocycles. The van der Waals surface area contributed by atoms with Crippen molar-refractivity contribution < 1.29 is 18.0 Å². The molecule has 1 heterocycles. The number of piperidine rings is 1. The lowest BCUT2D eigenvalue weighted by atomic mass is 9.78.